The summed E-state index contributed by atoms with van der Waals surface area (Å²) in [5.74, 6) is 0.805. The van der Waals surface area contributed by atoms with Gasteiger partial charge in [0.15, 0.2) is 11.5 Å². The average molecular weight is 559 g/mol. The minimum atomic E-state index is -0.317. The van der Waals surface area contributed by atoms with E-state index in [1.807, 2.05) is 61.5 Å². The molecule has 0 unspecified atom stereocenters. The molecule has 3 aromatic rings. The van der Waals surface area contributed by atoms with Crippen LogP contribution in [0.25, 0.3) is 6.08 Å². The lowest BCUT2D eigenvalue weighted by atomic mass is 10.1. The number of amides is 2. The average Bonchev–Trinajstić information content (AvgIpc) is 3.08. The van der Waals surface area contributed by atoms with Crippen LogP contribution in [0.1, 0.15) is 23.6 Å². The van der Waals surface area contributed by atoms with E-state index >= 15 is 0 Å². The van der Waals surface area contributed by atoms with Crippen molar-refractivity contribution < 1.29 is 19.1 Å². The highest BCUT2D eigenvalue weighted by Crippen LogP contribution is 2.36. The zero-order valence-electron chi connectivity index (χ0n) is 18.3. The summed E-state index contributed by atoms with van der Waals surface area (Å²) >= 11 is 10.6. The Morgan fingerprint density at radius 2 is 1.71 bits per heavy atom. The van der Waals surface area contributed by atoms with Crippen molar-refractivity contribution >= 4 is 56.5 Å². The molecule has 1 aliphatic rings. The fourth-order valence-electron chi connectivity index (χ4n) is 3.36. The van der Waals surface area contributed by atoms with Crippen molar-refractivity contribution in [1.29, 1.82) is 0 Å². The van der Waals surface area contributed by atoms with Crippen LogP contribution in [0.15, 0.2) is 76.1 Å². The summed E-state index contributed by atoms with van der Waals surface area (Å²) in [6.07, 6.45) is 1.70. The van der Waals surface area contributed by atoms with Gasteiger partial charge in [0.25, 0.3) is 11.1 Å². The Balaban J connectivity index is 1.52. The molecular weight excluding hydrogens is 538 g/mol. The van der Waals surface area contributed by atoms with Gasteiger partial charge in [-0.3, -0.25) is 14.5 Å². The maximum atomic E-state index is 12.9. The number of ether oxygens (including phenoxy) is 2. The summed E-state index contributed by atoms with van der Waals surface area (Å²) in [6, 6.07) is 20.4. The van der Waals surface area contributed by atoms with Crippen LogP contribution >= 0.6 is 39.3 Å². The molecule has 5 nitrogen and oxygen atoms in total. The summed E-state index contributed by atoms with van der Waals surface area (Å²) < 4.78 is 12.6. The van der Waals surface area contributed by atoms with E-state index in [0.29, 0.717) is 34.6 Å². The minimum Gasteiger partial charge on any atom is -0.490 e. The van der Waals surface area contributed by atoms with Gasteiger partial charge in [-0.05, 0) is 60.2 Å². The molecule has 1 aliphatic heterocycles. The normalized spacial score (nSPS) is 14.7. The lowest BCUT2D eigenvalue weighted by molar-refractivity contribution is -0.123. The molecule has 0 spiro atoms. The third-order valence-electron chi connectivity index (χ3n) is 5.07. The second-order valence-electron chi connectivity index (χ2n) is 7.38. The zero-order chi connectivity index (χ0) is 24.1. The minimum absolute atomic E-state index is 0.211. The van der Waals surface area contributed by atoms with Crippen LogP contribution in [0.3, 0.4) is 0 Å². The van der Waals surface area contributed by atoms with Crippen LogP contribution in [0.2, 0.25) is 5.02 Å². The summed E-state index contributed by atoms with van der Waals surface area (Å²) in [7, 11) is 0. The van der Waals surface area contributed by atoms with Gasteiger partial charge in [0.05, 0.1) is 18.1 Å². The van der Waals surface area contributed by atoms with Gasteiger partial charge in [-0.1, -0.05) is 70.0 Å². The van der Waals surface area contributed by atoms with Crippen LogP contribution in [0.5, 0.6) is 11.5 Å². The van der Waals surface area contributed by atoms with Crippen molar-refractivity contribution in [1.82, 2.24) is 4.90 Å². The third kappa shape index (κ3) is 5.66. The van der Waals surface area contributed by atoms with E-state index in [1.165, 1.54) is 4.90 Å². The smallest absolute Gasteiger partial charge is 0.293 e. The zero-order valence-corrected chi connectivity index (χ0v) is 21.5. The number of thioether (sulfide) groups is 1. The van der Waals surface area contributed by atoms with Gasteiger partial charge in [-0.2, -0.15) is 0 Å². The second-order valence-corrected chi connectivity index (χ2v) is 9.63. The first-order valence-corrected chi connectivity index (χ1v) is 12.6. The predicted octanol–water partition coefficient (Wildman–Crippen LogP) is 7.32. The SMILES string of the molecule is CCOc1cc(/C=C2/SC(=O)N(Cc3ccccc3Br)C2=O)ccc1OCc1ccccc1Cl. The molecule has 174 valence electrons. The van der Waals surface area contributed by atoms with Crippen LogP contribution < -0.4 is 9.47 Å². The molecular formula is C26H21BrClNO4S. The molecule has 0 saturated carbocycles. The number of hydrogen-bond acceptors (Lipinski definition) is 5. The largest absolute Gasteiger partial charge is 0.490 e. The van der Waals surface area contributed by atoms with Gasteiger partial charge >= 0.3 is 0 Å². The predicted molar refractivity (Wildman–Crippen MR) is 139 cm³/mol. The Labute approximate surface area is 215 Å². The molecule has 0 N–H and O–H groups in total. The highest BCUT2D eigenvalue weighted by molar-refractivity contribution is 9.10. The molecule has 0 aliphatic carbocycles. The van der Waals surface area contributed by atoms with Crippen LogP contribution in [-0.4, -0.2) is 22.7 Å². The van der Waals surface area contributed by atoms with Gasteiger partial charge in [-0.25, -0.2) is 0 Å². The molecule has 0 atom stereocenters. The summed E-state index contributed by atoms with van der Waals surface area (Å²) in [6.45, 7) is 2.85. The number of benzene rings is 3. The molecule has 0 radical (unpaired) electrons. The van der Waals surface area contributed by atoms with E-state index in [9.17, 15) is 9.59 Å². The van der Waals surface area contributed by atoms with E-state index in [1.54, 1.807) is 18.2 Å². The lowest BCUT2D eigenvalue weighted by Crippen LogP contribution is -2.27. The molecule has 1 fully saturated rings. The number of hydrogen-bond donors (Lipinski definition) is 0. The van der Waals surface area contributed by atoms with Crippen molar-refractivity contribution in [3.8, 4) is 11.5 Å². The van der Waals surface area contributed by atoms with Crippen LogP contribution in [0.4, 0.5) is 4.79 Å². The molecule has 34 heavy (non-hydrogen) atoms. The first-order chi connectivity index (χ1) is 16.5. The standard InChI is InChI=1S/C26H21BrClNO4S/c1-2-32-23-13-17(11-12-22(23)33-16-19-8-4-6-10-21(19)28)14-24-25(30)29(26(31)34-24)15-18-7-3-5-9-20(18)27/h3-14H,2,15-16H2,1H3/b24-14+. The fourth-order valence-corrected chi connectivity index (χ4v) is 4.80. The Hall–Kier alpha value is -2.74. The molecule has 3 aromatic carbocycles. The van der Waals surface area contributed by atoms with Crippen LogP contribution in [-0.2, 0) is 17.9 Å². The summed E-state index contributed by atoms with van der Waals surface area (Å²) in [5.41, 5.74) is 2.47. The van der Waals surface area contributed by atoms with Crippen molar-refractivity contribution in [2.24, 2.45) is 0 Å². The fraction of sp³-hybridized carbons (Fsp3) is 0.154. The highest BCUT2D eigenvalue weighted by atomic mass is 79.9. The maximum absolute atomic E-state index is 12.9. The van der Waals surface area contributed by atoms with Gasteiger partial charge < -0.3 is 9.47 Å². The van der Waals surface area contributed by atoms with Crippen molar-refractivity contribution in [2.75, 3.05) is 6.61 Å². The molecule has 8 heteroatoms. The summed E-state index contributed by atoms with van der Waals surface area (Å²) in [4.78, 5) is 27.1. The number of nitrogens with zero attached hydrogens (tertiary/aromatic N) is 1. The summed E-state index contributed by atoms with van der Waals surface area (Å²) in [5, 5.41) is 0.340. The van der Waals surface area contributed by atoms with E-state index in [-0.39, 0.29) is 17.7 Å². The van der Waals surface area contributed by atoms with E-state index in [0.717, 1.165) is 32.9 Å². The first kappa shape index (κ1) is 24.4. The quantitative estimate of drug-likeness (QED) is 0.271. The first-order valence-electron chi connectivity index (χ1n) is 10.6. The Morgan fingerprint density at radius 1 is 0.971 bits per heavy atom. The van der Waals surface area contributed by atoms with Gasteiger partial charge in [0.1, 0.15) is 6.61 Å². The molecule has 4 rings (SSSR count). The monoisotopic (exact) mass is 557 g/mol. The second kappa shape index (κ2) is 11.1. The molecule has 0 bridgehead atoms. The number of carbonyl (C=O) groups excluding carboxylic acids is 2. The Kier molecular flexibility index (Phi) is 7.98. The third-order valence-corrected chi connectivity index (χ3v) is 7.12. The lowest BCUT2D eigenvalue weighted by Gasteiger charge is -2.14. The van der Waals surface area contributed by atoms with Gasteiger partial charge in [0, 0.05) is 15.1 Å². The van der Waals surface area contributed by atoms with Gasteiger partial charge in [-0.15, -0.1) is 0 Å². The molecule has 1 heterocycles. The van der Waals surface area contributed by atoms with E-state index < -0.39 is 0 Å². The van der Waals surface area contributed by atoms with Crippen molar-refractivity contribution in [2.45, 2.75) is 20.1 Å². The number of carbonyl (C=O) groups is 2. The molecule has 1 saturated heterocycles. The van der Waals surface area contributed by atoms with Crippen molar-refractivity contribution in [3.63, 3.8) is 0 Å². The van der Waals surface area contributed by atoms with E-state index in [4.69, 9.17) is 21.1 Å². The molecule has 2 amide bonds. The van der Waals surface area contributed by atoms with Crippen molar-refractivity contribution in [3.05, 3.63) is 97.8 Å². The Bertz CT molecular complexity index is 1260. The number of imide groups is 1. The molecule has 0 aromatic heterocycles. The Morgan fingerprint density at radius 3 is 2.44 bits per heavy atom. The van der Waals surface area contributed by atoms with Gasteiger partial charge in [0.2, 0.25) is 0 Å². The number of halogens is 2. The highest BCUT2D eigenvalue weighted by Gasteiger charge is 2.35. The number of rotatable bonds is 8. The van der Waals surface area contributed by atoms with Crippen LogP contribution in [0, 0.1) is 0 Å². The van der Waals surface area contributed by atoms with E-state index in [2.05, 4.69) is 15.9 Å². The maximum Gasteiger partial charge on any atom is 0.293 e. The topological polar surface area (TPSA) is 55.8 Å².